The van der Waals surface area contributed by atoms with E-state index in [4.69, 9.17) is 15.3 Å². The minimum absolute atomic E-state index is 0. The predicted molar refractivity (Wildman–Crippen MR) is 50.9 cm³/mol. The molecule has 0 saturated carbocycles. The van der Waals surface area contributed by atoms with Gasteiger partial charge in [-0.05, 0) is 26.9 Å². The van der Waals surface area contributed by atoms with Crippen LogP contribution >= 0.6 is 0 Å². The molecule has 3 atom stereocenters. The molecule has 0 radical (unpaired) electrons. The maximum absolute atomic E-state index is 9.12. The van der Waals surface area contributed by atoms with Crippen LogP contribution in [0.3, 0.4) is 0 Å². The van der Waals surface area contributed by atoms with Gasteiger partial charge in [-0.15, -0.1) is 0 Å². The van der Waals surface area contributed by atoms with Crippen LogP contribution in [0.5, 0.6) is 0 Å². The average molecular weight is 254 g/mol. The molecule has 0 fully saturated rings. The van der Waals surface area contributed by atoms with Gasteiger partial charge >= 0.3 is 17.1 Å². The second kappa shape index (κ2) is 8.65. The Hall–Kier alpha value is 0.359. The zero-order chi connectivity index (χ0) is 10.4. The predicted octanol–water partition coefficient (Wildman–Crippen LogP) is -0.410. The zero-order valence-electron chi connectivity index (χ0n) is 8.81. The normalized spacial score (nSPS) is 17.4. The van der Waals surface area contributed by atoms with Gasteiger partial charge in [-0.25, -0.2) is 6.54 Å². The van der Waals surface area contributed by atoms with Crippen molar-refractivity contribution in [2.75, 3.05) is 13.1 Å². The standard InChI is InChI=1S/C9H20NO3.Cu/c1-7(11)4-10(5-8(2)12)6-9(3)13;/h4,7-9,11-13H,5-6H2,1-3H3;/q-1;+1. The van der Waals surface area contributed by atoms with Crippen molar-refractivity contribution >= 4 is 0 Å². The fraction of sp³-hybridized carbons (Fsp3) is 0.889. The Balaban J connectivity index is 0. The fourth-order valence-electron chi connectivity index (χ4n) is 1.18. The van der Waals surface area contributed by atoms with E-state index in [-0.39, 0.29) is 17.1 Å². The first-order valence-electron chi connectivity index (χ1n) is 4.55. The smallest absolute Gasteiger partial charge is 0.450 e. The summed E-state index contributed by atoms with van der Waals surface area (Å²) in [6.45, 7) is 7.43. The van der Waals surface area contributed by atoms with Gasteiger partial charge < -0.3 is 20.2 Å². The molecule has 0 aromatic rings. The molecular formula is C9H20CuNO3. The van der Waals surface area contributed by atoms with Gasteiger partial charge in [0.2, 0.25) is 0 Å². The minimum atomic E-state index is -0.558. The van der Waals surface area contributed by atoms with E-state index in [1.54, 1.807) is 32.2 Å². The molecule has 0 spiro atoms. The van der Waals surface area contributed by atoms with Gasteiger partial charge in [-0.3, -0.25) is 0 Å². The van der Waals surface area contributed by atoms with Crippen molar-refractivity contribution in [3.63, 3.8) is 0 Å². The van der Waals surface area contributed by atoms with Crippen molar-refractivity contribution in [2.24, 2.45) is 0 Å². The van der Waals surface area contributed by atoms with Gasteiger partial charge in [0.15, 0.2) is 0 Å². The van der Waals surface area contributed by atoms with Crippen LogP contribution in [0.25, 0.3) is 0 Å². The first kappa shape index (κ1) is 16.8. The minimum Gasteiger partial charge on any atom is -0.450 e. The fourth-order valence-corrected chi connectivity index (χ4v) is 1.18. The molecule has 3 unspecified atom stereocenters. The van der Waals surface area contributed by atoms with E-state index in [1.165, 1.54) is 0 Å². The number of nitrogens with zero attached hydrogens (tertiary/aromatic N) is 1. The topological polar surface area (TPSA) is 63.9 Å². The van der Waals surface area contributed by atoms with Crippen molar-refractivity contribution in [3.8, 4) is 0 Å². The molecule has 0 aromatic carbocycles. The molecule has 0 amide bonds. The first-order valence-corrected chi connectivity index (χ1v) is 4.55. The van der Waals surface area contributed by atoms with Gasteiger partial charge in [0.1, 0.15) is 0 Å². The summed E-state index contributed by atoms with van der Waals surface area (Å²) in [5, 5.41) is 27.3. The molecule has 0 heterocycles. The Morgan fingerprint density at radius 3 is 1.57 bits per heavy atom. The summed E-state index contributed by atoms with van der Waals surface area (Å²) in [6, 6.07) is 0. The van der Waals surface area contributed by atoms with Crippen LogP contribution in [0.1, 0.15) is 20.8 Å². The van der Waals surface area contributed by atoms with Crippen molar-refractivity contribution in [1.29, 1.82) is 0 Å². The summed E-state index contributed by atoms with van der Waals surface area (Å²) < 4.78 is 0. The van der Waals surface area contributed by atoms with Crippen LogP contribution in [0, 0.1) is 6.54 Å². The third kappa shape index (κ3) is 10.4. The molecule has 90 valence electrons. The van der Waals surface area contributed by atoms with E-state index >= 15 is 0 Å². The maximum atomic E-state index is 9.12. The van der Waals surface area contributed by atoms with Crippen LogP contribution in [-0.4, -0.2) is 51.6 Å². The molecule has 0 aromatic heterocycles. The summed E-state index contributed by atoms with van der Waals surface area (Å²) in [5.74, 6) is 0. The summed E-state index contributed by atoms with van der Waals surface area (Å²) >= 11 is 0. The number of hydrogen-bond donors (Lipinski definition) is 3. The van der Waals surface area contributed by atoms with Gasteiger partial charge in [-0.1, -0.05) is 13.0 Å². The van der Waals surface area contributed by atoms with Crippen molar-refractivity contribution in [3.05, 3.63) is 6.54 Å². The van der Waals surface area contributed by atoms with Crippen molar-refractivity contribution < 1.29 is 32.4 Å². The number of aliphatic hydroxyl groups is 3. The van der Waals surface area contributed by atoms with Gasteiger partial charge in [0, 0.05) is 0 Å². The van der Waals surface area contributed by atoms with E-state index < -0.39 is 18.3 Å². The molecule has 0 aliphatic heterocycles. The van der Waals surface area contributed by atoms with Crippen LogP contribution in [0.15, 0.2) is 0 Å². The second-order valence-electron chi connectivity index (χ2n) is 3.54. The van der Waals surface area contributed by atoms with Crippen LogP contribution in [0.4, 0.5) is 0 Å². The average Bonchev–Trinajstić information content (AvgIpc) is 1.80. The largest absolute Gasteiger partial charge is 1.00 e. The van der Waals surface area contributed by atoms with Gasteiger partial charge in [-0.2, -0.15) is 0 Å². The maximum Gasteiger partial charge on any atom is 1.00 e. The molecule has 14 heavy (non-hydrogen) atoms. The molecule has 4 nitrogen and oxygen atoms in total. The molecule has 0 aliphatic carbocycles. The summed E-state index contributed by atoms with van der Waals surface area (Å²) in [5.41, 5.74) is 0. The van der Waals surface area contributed by atoms with Crippen LogP contribution in [-0.2, 0) is 17.1 Å². The molecule has 0 rings (SSSR count). The van der Waals surface area contributed by atoms with E-state index in [0.29, 0.717) is 13.1 Å². The van der Waals surface area contributed by atoms with Crippen LogP contribution in [0.2, 0.25) is 0 Å². The molecule has 0 saturated heterocycles. The van der Waals surface area contributed by atoms with Crippen molar-refractivity contribution in [2.45, 2.75) is 39.1 Å². The molecular weight excluding hydrogens is 234 g/mol. The molecule has 3 N–H and O–H groups in total. The third-order valence-electron chi connectivity index (χ3n) is 1.42. The summed E-state index contributed by atoms with van der Waals surface area (Å²) in [7, 11) is 0. The Morgan fingerprint density at radius 1 is 1.00 bits per heavy atom. The Labute approximate surface area is 96.4 Å². The third-order valence-corrected chi connectivity index (χ3v) is 1.42. The molecule has 0 aliphatic rings. The zero-order valence-corrected chi connectivity index (χ0v) is 9.76. The molecule has 5 heteroatoms. The Kier molecular flexibility index (Phi) is 10.4. The summed E-state index contributed by atoms with van der Waals surface area (Å²) in [4.78, 5) is 1.72. The van der Waals surface area contributed by atoms with Gasteiger partial charge in [0.25, 0.3) is 0 Å². The monoisotopic (exact) mass is 253 g/mol. The van der Waals surface area contributed by atoms with Gasteiger partial charge in [0.05, 0.1) is 12.2 Å². The van der Waals surface area contributed by atoms with Crippen LogP contribution < -0.4 is 0 Å². The Bertz CT molecular complexity index is 107. The van der Waals surface area contributed by atoms with E-state index in [9.17, 15) is 0 Å². The first-order chi connectivity index (χ1) is 5.91. The summed E-state index contributed by atoms with van der Waals surface area (Å²) in [6.07, 6.45) is -1.49. The second-order valence-corrected chi connectivity index (χ2v) is 3.54. The molecule has 0 bridgehead atoms. The van der Waals surface area contributed by atoms with E-state index in [1.807, 2.05) is 0 Å². The quantitative estimate of drug-likeness (QED) is 0.445. The number of hydrogen-bond acceptors (Lipinski definition) is 4. The van der Waals surface area contributed by atoms with E-state index in [2.05, 4.69) is 0 Å². The Morgan fingerprint density at radius 2 is 1.36 bits per heavy atom. The van der Waals surface area contributed by atoms with Crippen molar-refractivity contribution in [1.82, 2.24) is 4.90 Å². The number of aliphatic hydroxyl groups excluding tert-OH is 3. The number of rotatable bonds is 6. The van der Waals surface area contributed by atoms with E-state index in [0.717, 1.165) is 0 Å². The SMILES string of the molecule is CC(O)[CH-]N(CC(C)O)CC(C)O.[Cu+].